The third-order valence-electron chi connectivity index (χ3n) is 4.39. The highest BCUT2D eigenvalue weighted by atomic mass is 16.5. The zero-order valence-electron chi connectivity index (χ0n) is 18.4. The molecular weight excluding hydrogens is 410 g/mol. The lowest BCUT2D eigenvalue weighted by atomic mass is 10.1. The summed E-state index contributed by atoms with van der Waals surface area (Å²) in [6.45, 7) is 4.15. The fourth-order valence-corrected chi connectivity index (χ4v) is 2.76. The number of amides is 3. The predicted molar refractivity (Wildman–Crippen MR) is 120 cm³/mol. The number of rotatable bonds is 10. The van der Waals surface area contributed by atoms with Crippen molar-refractivity contribution in [2.45, 2.75) is 39.5 Å². The van der Waals surface area contributed by atoms with Crippen LogP contribution in [0.1, 0.15) is 49.0 Å². The maximum absolute atomic E-state index is 12.1. The van der Waals surface area contributed by atoms with Crippen molar-refractivity contribution < 1.29 is 23.9 Å². The number of hydrogen-bond donors (Lipinski definition) is 3. The first-order chi connectivity index (χ1) is 15.3. The van der Waals surface area contributed by atoms with E-state index >= 15 is 0 Å². The fraction of sp³-hybridized carbons (Fsp3) is 0.333. The van der Waals surface area contributed by atoms with Crippen LogP contribution >= 0.6 is 0 Å². The van der Waals surface area contributed by atoms with Crippen LogP contribution in [0.5, 0.6) is 0 Å². The van der Waals surface area contributed by atoms with Gasteiger partial charge in [-0.3, -0.25) is 30.0 Å². The van der Waals surface area contributed by atoms with Crippen molar-refractivity contribution in [1.82, 2.24) is 10.9 Å². The lowest BCUT2D eigenvalue weighted by Crippen LogP contribution is -2.41. The van der Waals surface area contributed by atoms with E-state index in [1.807, 2.05) is 44.2 Å². The lowest BCUT2D eigenvalue weighted by Gasteiger charge is -2.09. The Kier molecular flexibility index (Phi) is 9.90. The average Bonchev–Trinajstić information content (AvgIpc) is 2.76. The number of esters is 1. The molecule has 8 nitrogen and oxygen atoms in total. The van der Waals surface area contributed by atoms with Crippen LogP contribution < -0.4 is 16.2 Å². The second-order valence-corrected chi connectivity index (χ2v) is 7.68. The number of hydrogen-bond acceptors (Lipinski definition) is 5. The lowest BCUT2D eigenvalue weighted by molar-refractivity contribution is -0.144. The van der Waals surface area contributed by atoms with Crippen molar-refractivity contribution >= 4 is 29.4 Å². The summed E-state index contributed by atoms with van der Waals surface area (Å²) in [5.41, 5.74) is 6.53. The van der Waals surface area contributed by atoms with Crippen LogP contribution in [0.4, 0.5) is 5.69 Å². The van der Waals surface area contributed by atoms with Crippen LogP contribution in [0.3, 0.4) is 0 Å². The summed E-state index contributed by atoms with van der Waals surface area (Å²) in [7, 11) is 0. The molecule has 2 rings (SSSR count). The summed E-state index contributed by atoms with van der Waals surface area (Å²) >= 11 is 0. The molecule has 170 valence electrons. The van der Waals surface area contributed by atoms with E-state index in [-0.39, 0.29) is 31.3 Å². The highest BCUT2D eigenvalue weighted by Crippen LogP contribution is 2.11. The van der Waals surface area contributed by atoms with Crippen molar-refractivity contribution in [2.75, 3.05) is 11.9 Å². The molecule has 0 aliphatic carbocycles. The van der Waals surface area contributed by atoms with E-state index in [1.165, 1.54) is 12.1 Å². The molecule has 3 amide bonds. The minimum atomic E-state index is -0.510. The highest BCUT2D eigenvalue weighted by molar-refractivity contribution is 5.96. The van der Waals surface area contributed by atoms with Crippen LogP contribution in [-0.2, 0) is 25.5 Å². The Morgan fingerprint density at radius 1 is 0.844 bits per heavy atom. The number of anilines is 1. The van der Waals surface area contributed by atoms with Crippen molar-refractivity contribution in [1.29, 1.82) is 0 Å². The van der Waals surface area contributed by atoms with Gasteiger partial charge in [0.25, 0.3) is 5.91 Å². The second kappa shape index (κ2) is 12.9. The molecule has 0 saturated heterocycles. The van der Waals surface area contributed by atoms with E-state index in [9.17, 15) is 19.2 Å². The molecule has 0 bridgehead atoms. The van der Waals surface area contributed by atoms with Crippen LogP contribution in [0.25, 0.3) is 0 Å². The minimum Gasteiger partial charge on any atom is -0.465 e. The molecule has 8 heteroatoms. The third kappa shape index (κ3) is 9.42. The fourth-order valence-electron chi connectivity index (χ4n) is 2.76. The summed E-state index contributed by atoms with van der Waals surface area (Å²) in [5, 5.41) is 2.76. The molecule has 0 radical (unpaired) electrons. The molecule has 0 atom stereocenters. The minimum absolute atomic E-state index is 0.0821. The number of nitrogens with one attached hydrogen (secondary N) is 3. The van der Waals surface area contributed by atoms with Gasteiger partial charge in [-0.15, -0.1) is 0 Å². The van der Waals surface area contributed by atoms with Crippen LogP contribution in [0, 0.1) is 5.92 Å². The molecule has 0 aromatic heterocycles. The van der Waals surface area contributed by atoms with E-state index in [1.54, 1.807) is 12.1 Å². The quantitative estimate of drug-likeness (QED) is 0.389. The van der Waals surface area contributed by atoms with Crippen molar-refractivity contribution in [3.63, 3.8) is 0 Å². The van der Waals surface area contributed by atoms with Gasteiger partial charge in [0, 0.05) is 30.5 Å². The molecule has 32 heavy (non-hydrogen) atoms. The van der Waals surface area contributed by atoms with Gasteiger partial charge in [-0.05, 0) is 35.7 Å². The van der Waals surface area contributed by atoms with E-state index in [0.29, 0.717) is 24.1 Å². The Bertz CT molecular complexity index is 911. The molecule has 0 aliphatic heterocycles. The predicted octanol–water partition coefficient (Wildman–Crippen LogP) is 3.00. The van der Waals surface area contributed by atoms with Gasteiger partial charge in [0.1, 0.15) is 0 Å². The Morgan fingerprint density at radius 3 is 2.19 bits per heavy atom. The summed E-state index contributed by atoms with van der Waals surface area (Å²) in [5.74, 6) is -1.33. The maximum Gasteiger partial charge on any atom is 0.306 e. The third-order valence-corrected chi connectivity index (χ3v) is 4.39. The molecule has 0 spiro atoms. The van der Waals surface area contributed by atoms with Gasteiger partial charge in [-0.25, -0.2) is 0 Å². The Morgan fingerprint density at radius 2 is 1.53 bits per heavy atom. The summed E-state index contributed by atoms with van der Waals surface area (Å²) in [4.78, 5) is 47.5. The van der Waals surface area contributed by atoms with Gasteiger partial charge < -0.3 is 10.1 Å². The molecule has 2 aromatic rings. The Hall–Kier alpha value is -3.68. The Labute approximate surface area is 187 Å². The maximum atomic E-state index is 12.1. The monoisotopic (exact) mass is 439 g/mol. The largest absolute Gasteiger partial charge is 0.465 e. The zero-order chi connectivity index (χ0) is 23.3. The topological polar surface area (TPSA) is 114 Å². The van der Waals surface area contributed by atoms with Crippen molar-refractivity contribution in [3.05, 3.63) is 65.7 Å². The molecular formula is C24H29N3O5. The van der Waals surface area contributed by atoms with Gasteiger partial charge in [0.2, 0.25) is 11.8 Å². The molecule has 3 N–H and O–H groups in total. The van der Waals surface area contributed by atoms with E-state index in [4.69, 9.17) is 4.74 Å². The summed E-state index contributed by atoms with van der Waals surface area (Å²) in [6, 6.07) is 15.9. The van der Waals surface area contributed by atoms with E-state index < -0.39 is 17.8 Å². The van der Waals surface area contributed by atoms with Gasteiger partial charge in [0.05, 0.1) is 13.0 Å². The van der Waals surface area contributed by atoms with Crippen LogP contribution in [0.2, 0.25) is 0 Å². The first-order valence-electron chi connectivity index (χ1n) is 10.5. The average molecular weight is 440 g/mol. The van der Waals surface area contributed by atoms with Gasteiger partial charge in [-0.2, -0.15) is 0 Å². The number of ether oxygens (including phenoxy) is 1. The van der Waals surface area contributed by atoms with E-state index in [0.717, 1.165) is 5.56 Å². The molecule has 0 fully saturated rings. The number of benzene rings is 2. The SMILES string of the molecule is CC(C)CC(=O)Nc1ccc(C(=O)NNC(=O)CCC(=O)OCCc2ccccc2)cc1. The summed E-state index contributed by atoms with van der Waals surface area (Å²) in [6.07, 6.45) is 0.830. The molecule has 0 aliphatic rings. The molecule has 0 unspecified atom stereocenters. The molecule has 0 heterocycles. The van der Waals surface area contributed by atoms with Crippen LogP contribution in [-0.4, -0.2) is 30.3 Å². The van der Waals surface area contributed by atoms with E-state index in [2.05, 4.69) is 16.2 Å². The number of carbonyl (C=O) groups is 4. The Balaban J connectivity index is 1.65. The van der Waals surface area contributed by atoms with Gasteiger partial charge in [0.15, 0.2) is 0 Å². The first-order valence-corrected chi connectivity index (χ1v) is 10.5. The zero-order valence-corrected chi connectivity index (χ0v) is 18.4. The summed E-state index contributed by atoms with van der Waals surface area (Å²) < 4.78 is 5.11. The van der Waals surface area contributed by atoms with Crippen molar-refractivity contribution in [3.8, 4) is 0 Å². The van der Waals surface area contributed by atoms with Crippen molar-refractivity contribution in [2.24, 2.45) is 5.92 Å². The second-order valence-electron chi connectivity index (χ2n) is 7.68. The highest BCUT2D eigenvalue weighted by Gasteiger charge is 2.11. The van der Waals surface area contributed by atoms with Crippen LogP contribution in [0.15, 0.2) is 54.6 Å². The van der Waals surface area contributed by atoms with Gasteiger partial charge >= 0.3 is 5.97 Å². The first kappa shape index (κ1) is 24.6. The molecule has 0 saturated carbocycles. The molecule has 2 aromatic carbocycles. The standard InChI is InChI=1S/C24H29N3O5/c1-17(2)16-22(29)25-20-10-8-19(9-11-20)24(31)27-26-21(28)12-13-23(30)32-15-14-18-6-4-3-5-7-18/h3-11,17H,12-16H2,1-2H3,(H,25,29)(H,26,28)(H,27,31). The normalized spacial score (nSPS) is 10.3. The smallest absolute Gasteiger partial charge is 0.306 e. The number of hydrazine groups is 1. The van der Waals surface area contributed by atoms with Gasteiger partial charge in [-0.1, -0.05) is 44.2 Å². The number of carbonyl (C=O) groups excluding carboxylic acids is 4.